The number of halogens is 1. The predicted molar refractivity (Wildman–Crippen MR) is 96.5 cm³/mol. The third kappa shape index (κ3) is 6.16. The van der Waals surface area contributed by atoms with Crippen molar-refractivity contribution in [3.8, 4) is 0 Å². The summed E-state index contributed by atoms with van der Waals surface area (Å²) < 4.78 is 17.8. The van der Waals surface area contributed by atoms with Gasteiger partial charge in [-0.3, -0.25) is 19.8 Å². The maximum atomic E-state index is 12.9. The number of hydrogen-bond donors (Lipinski definition) is 5. The molecule has 0 saturated carbocycles. The molecule has 1 aliphatic rings. The first-order chi connectivity index (χ1) is 13.5. The third-order valence-electron chi connectivity index (χ3n) is 3.42. The highest BCUT2D eigenvalue weighted by Crippen LogP contribution is 2.17. The SMILES string of the molecule is CC(C)(C)OC(=O)NNC(=O)C1CC(O)=C(C(=O)Nc2ccc(F)cn2)C(=O)N1. The standard InChI is InChI=1S/C17H20FN5O6/c1-17(2,3)29-16(28)23-22-13(25)9-6-10(24)12(14(26)20-9)15(27)21-11-5-4-8(18)7-19-11/h4-5,7,9,24H,6H2,1-3H3,(H,20,26)(H,22,25)(H,23,28)(H,19,21,27). The highest BCUT2D eigenvalue weighted by molar-refractivity contribution is 6.24. The minimum absolute atomic E-state index is 0.0362. The highest BCUT2D eigenvalue weighted by Gasteiger charge is 2.35. The number of amides is 4. The van der Waals surface area contributed by atoms with Crippen LogP contribution in [0.25, 0.3) is 0 Å². The molecule has 0 saturated heterocycles. The van der Waals surface area contributed by atoms with Gasteiger partial charge in [0.15, 0.2) is 0 Å². The molecule has 11 nitrogen and oxygen atoms in total. The summed E-state index contributed by atoms with van der Waals surface area (Å²) in [5.41, 5.74) is 2.66. The van der Waals surface area contributed by atoms with Gasteiger partial charge in [0.1, 0.15) is 34.6 Å². The summed E-state index contributed by atoms with van der Waals surface area (Å²) in [6.07, 6.45) is -0.449. The van der Waals surface area contributed by atoms with Crippen LogP contribution in [-0.2, 0) is 19.1 Å². The molecule has 1 aromatic rings. The summed E-state index contributed by atoms with van der Waals surface area (Å²) in [5.74, 6) is -4.11. The summed E-state index contributed by atoms with van der Waals surface area (Å²) in [7, 11) is 0. The molecule has 0 aliphatic carbocycles. The Bertz CT molecular complexity index is 862. The van der Waals surface area contributed by atoms with E-state index in [2.05, 4.69) is 15.6 Å². The molecule has 12 heteroatoms. The van der Waals surface area contributed by atoms with Crippen LogP contribution in [0.3, 0.4) is 0 Å². The van der Waals surface area contributed by atoms with Crippen molar-refractivity contribution < 1.29 is 33.4 Å². The van der Waals surface area contributed by atoms with E-state index in [0.717, 1.165) is 12.3 Å². The van der Waals surface area contributed by atoms with Crippen LogP contribution in [0, 0.1) is 5.82 Å². The molecule has 29 heavy (non-hydrogen) atoms. The van der Waals surface area contributed by atoms with Gasteiger partial charge in [0.2, 0.25) is 0 Å². The van der Waals surface area contributed by atoms with Gasteiger partial charge in [0.25, 0.3) is 17.7 Å². The van der Waals surface area contributed by atoms with Crippen molar-refractivity contribution in [1.82, 2.24) is 21.2 Å². The Morgan fingerprint density at radius 1 is 1.28 bits per heavy atom. The Labute approximate surface area is 164 Å². The van der Waals surface area contributed by atoms with E-state index >= 15 is 0 Å². The van der Waals surface area contributed by atoms with Crippen LogP contribution in [0.2, 0.25) is 0 Å². The number of hydrazine groups is 1. The maximum absolute atomic E-state index is 12.9. The van der Waals surface area contributed by atoms with Crippen LogP contribution in [0.5, 0.6) is 0 Å². The third-order valence-corrected chi connectivity index (χ3v) is 3.42. The number of nitrogens with one attached hydrogen (secondary N) is 4. The Hall–Kier alpha value is -3.70. The Morgan fingerprint density at radius 3 is 2.52 bits per heavy atom. The molecule has 1 atom stereocenters. The van der Waals surface area contributed by atoms with Crippen LogP contribution < -0.4 is 21.5 Å². The zero-order valence-corrected chi connectivity index (χ0v) is 15.8. The van der Waals surface area contributed by atoms with Crippen LogP contribution in [0.4, 0.5) is 15.0 Å². The molecule has 0 aromatic carbocycles. The number of hydrogen-bond acceptors (Lipinski definition) is 7. The largest absolute Gasteiger partial charge is 0.511 e. The fourth-order valence-corrected chi connectivity index (χ4v) is 2.23. The van der Waals surface area contributed by atoms with Crippen molar-refractivity contribution in [2.24, 2.45) is 0 Å². The smallest absolute Gasteiger partial charge is 0.426 e. The van der Waals surface area contributed by atoms with Crippen LogP contribution in [-0.4, -0.2) is 45.5 Å². The van der Waals surface area contributed by atoms with Crippen LogP contribution >= 0.6 is 0 Å². The topological polar surface area (TPSA) is 159 Å². The second kappa shape index (κ2) is 8.54. The van der Waals surface area contributed by atoms with Gasteiger partial charge in [-0.1, -0.05) is 0 Å². The molecule has 5 N–H and O–H groups in total. The number of pyridine rings is 1. The number of rotatable bonds is 3. The molecule has 156 valence electrons. The number of nitrogens with zero attached hydrogens (tertiary/aromatic N) is 1. The average Bonchev–Trinajstić information content (AvgIpc) is 2.59. The van der Waals surface area contributed by atoms with E-state index in [1.54, 1.807) is 20.8 Å². The first-order valence-corrected chi connectivity index (χ1v) is 8.41. The lowest BCUT2D eigenvalue weighted by Crippen LogP contribution is -2.55. The van der Waals surface area contributed by atoms with Crippen molar-refractivity contribution >= 4 is 29.6 Å². The molecule has 0 radical (unpaired) electrons. The number of anilines is 1. The van der Waals surface area contributed by atoms with Crippen molar-refractivity contribution in [2.75, 3.05) is 5.32 Å². The Morgan fingerprint density at radius 2 is 1.97 bits per heavy atom. The van der Waals surface area contributed by atoms with Gasteiger partial charge in [-0.2, -0.15) is 0 Å². The van der Waals surface area contributed by atoms with Crippen molar-refractivity contribution in [3.05, 3.63) is 35.5 Å². The molecule has 1 aliphatic heterocycles. The lowest BCUT2D eigenvalue weighted by atomic mass is 10.0. The van der Waals surface area contributed by atoms with Gasteiger partial charge in [-0.25, -0.2) is 19.6 Å². The summed E-state index contributed by atoms with van der Waals surface area (Å²) in [6, 6.07) is 0.984. The number of carbonyl (C=O) groups excluding carboxylic acids is 4. The predicted octanol–water partition coefficient (Wildman–Crippen LogP) is 0.416. The highest BCUT2D eigenvalue weighted by atomic mass is 19.1. The molecule has 4 amide bonds. The number of aromatic nitrogens is 1. The van der Waals surface area contributed by atoms with Crippen molar-refractivity contribution in [1.29, 1.82) is 0 Å². The fourth-order valence-electron chi connectivity index (χ4n) is 2.23. The van der Waals surface area contributed by atoms with Gasteiger partial charge >= 0.3 is 6.09 Å². The maximum Gasteiger partial charge on any atom is 0.426 e. The lowest BCUT2D eigenvalue weighted by molar-refractivity contribution is -0.130. The van der Waals surface area contributed by atoms with E-state index in [4.69, 9.17) is 4.74 Å². The van der Waals surface area contributed by atoms with E-state index < -0.39 is 59.0 Å². The summed E-state index contributed by atoms with van der Waals surface area (Å²) in [6.45, 7) is 4.89. The van der Waals surface area contributed by atoms with E-state index in [0.29, 0.717) is 0 Å². The zero-order valence-electron chi connectivity index (χ0n) is 15.8. The van der Waals surface area contributed by atoms with Gasteiger partial charge in [0, 0.05) is 6.42 Å². The molecule has 0 spiro atoms. The molecule has 1 aromatic heterocycles. The molecular weight excluding hydrogens is 389 g/mol. The van der Waals surface area contributed by atoms with Crippen LogP contribution in [0.15, 0.2) is 29.7 Å². The number of aliphatic hydroxyl groups excluding tert-OH is 1. The zero-order chi connectivity index (χ0) is 21.8. The van der Waals surface area contributed by atoms with Gasteiger partial charge in [-0.15, -0.1) is 0 Å². The van der Waals surface area contributed by atoms with E-state index in [1.165, 1.54) is 6.07 Å². The molecule has 2 heterocycles. The number of carbonyl (C=O) groups is 4. The summed E-state index contributed by atoms with van der Waals surface area (Å²) in [4.78, 5) is 51.6. The number of aliphatic hydroxyl groups is 1. The first kappa shape index (κ1) is 21.6. The molecular formula is C17H20FN5O6. The monoisotopic (exact) mass is 409 g/mol. The lowest BCUT2D eigenvalue weighted by Gasteiger charge is -2.25. The Balaban J connectivity index is 1.98. The second-order valence-corrected chi connectivity index (χ2v) is 6.98. The normalized spacial score (nSPS) is 16.6. The summed E-state index contributed by atoms with van der Waals surface area (Å²) >= 11 is 0. The molecule has 2 rings (SSSR count). The Kier molecular flexibility index (Phi) is 6.36. The van der Waals surface area contributed by atoms with E-state index in [-0.39, 0.29) is 5.82 Å². The summed E-state index contributed by atoms with van der Waals surface area (Å²) in [5, 5.41) is 14.5. The fraction of sp³-hybridized carbons (Fsp3) is 0.353. The minimum Gasteiger partial charge on any atom is -0.511 e. The van der Waals surface area contributed by atoms with E-state index in [9.17, 15) is 28.7 Å². The molecule has 0 fully saturated rings. The van der Waals surface area contributed by atoms with E-state index in [1.807, 2.05) is 10.9 Å². The quantitative estimate of drug-likeness (QED) is 0.357. The van der Waals surface area contributed by atoms with Gasteiger partial charge in [0.05, 0.1) is 6.20 Å². The average molecular weight is 409 g/mol. The van der Waals surface area contributed by atoms with Crippen LogP contribution in [0.1, 0.15) is 27.2 Å². The van der Waals surface area contributed by atoms with Gasteiger partial charge < -0.3 is 20.5 Å². The molecule has 0 bridgehead atoms. The van der Waals surface area contributed by atoms with Crippen molar-refractivity contribution in [3.63, 3.8) is 0 Å². The number of ether oxygens (including phenoxy) is 1. The minimum atomic E-state index is -1.24. The van der Waals surface area contributed by atoms with Gasteiger partial charge in [-0.05, 0) is 32.9 Å². The second-order valence-electron chi connectivity index (χ2n) is 6.98. The van der Waals surface area contributed by atoms with Crippen molar-refractivity contribution in [2.45, 2.75) is 38.8 Å². The molecule has 1 unspecified atom stereocenters. The first-order valence-electron chi connectivity index (χ1n) is 8.41.